The zero-order valence-corrected chi connectivity index (χ0v) is 14.0. The molecular formula is C16H23BrN2O. The summed E-state index contributed by atoms with van der Waals surface area (Å²) in [5.41, 5.74) is 6.79. The second-order valence-corrected chi connectivity index (χ2v) is 6.63. The summed E-state index contributed by atoms with van der Waals surface area (Å²) in [6, 6.07) is 8.41. The third kappa shape index (κ3) is 5.52. The van der Waals surface area contributed by atoms with Gasteiger partial charge in [-0.25, -0.2) is 0 Å². The van der Waals surface area contributed by atoms with Gasteiger partial charge in [0.1, 0.15) is 5.75 Å². The van der Waals surface area contributed by atoms with Gasteiger partial charge in [-0.05, 0) is 56.9 Å². The largest absolute Gasteiger partial charge is 0.493 e. The smallest absolute Gasteiger partial charge is 0.122 e. The quantitative estimate of drug-likeness (QED) is 0.815. The van der Waals surface area contributed by atoms with Crippen molar-refractivity contribution in [3.05, 3.63) is 28.2 Å². The van der Waals surface area contributed by atoms with E-state index in [0.29, 0.717) is 13.0 Å². The summed E-state index contributed by atoms with van der Waals surface area (Å²) in [4.78, 5) is 0. The molecule has 0 aliphatic rings. The minimum atomic E-state index is -0.352. The third-order valence-electron chi connectivity index (χ3n) is 3.32. The van der Waals surface area contributed by atoms with Crippen LogP contribution in [-0.2, 0) is 6.42 Å². The zero-order valence-electron chi connectivity index (χ0n) is 12.4. The lowest BCUT2D eigenvalue weighted by Gasteiger charge is -2.18. The average molecular weight is 339 g/mol. The lowest BCUT2D eigenvalue weighted by molar-refractivity contribution is 0.262. The van der Waals surface area contributed by atoms with Crippen molar-refractivity contribution in [2.24, 2.45) is 11.1 Å². The molecule has 0 aliphatic heterocycles. The highest BCUT2D eigenvalue weighted by Crippen LogP contribution is 2.26. The lowest BCUT2D eigenvalue weighted by Crippen LogP contribution is -2.22. The standard InChI is InChI=1S/C16H23BrN2O/c1-4-14(19)10-12-9-13(17)5-6-15(12)20-8-7-16(2,3)11-18/h5-6,9,14H,4,7-8,10,19H2,1-3H3. The molecule has 110 valence electrons. The van der Waals surface area contributed by atoms with Gasteiger partial charge in [-0.1, -0.05) is 22.9 Å². The summed E-state index contributed by atoms with van der Waals surface area (Å²) in [6.07, 6.45) is 2.44. The van der Waals surface area contributed by atoms with E-state index >= 15 is 0 Å². The molecule has 0 bridgehead atoms. The maximum atomic E-state index is 9.00. The normalized spacial score (nSPS) is 12.8. The van der Waals surface area contributed by atoms with Crippen molar-refractivity contribution in [1.82, 2.24) is 0 Å². The third-order valence-corrected chi connectivity index (χ3v) is 3.81. The highest BCUT2D eigenvalue weighted by molar-refractivity contribution is 9.10. The first-order valence-electron chi connectivity index (χ1n) is 6.96. The Morgan fingerprint density at radius 2 is 2.15 bits per heavy atom. The van der Waals surface area contributed by atoms with Gasteiger partial charge >= 0.3 is 0 Å². The molecule has 0 fully saturated rings. The number of halogens is 1. The lowest BCUT2D eigenvalue weighted by atomic mass is 9.92. The number of ether oxygens (including phenoxy) is 1. The fourth-order valence-corrected chi connectivity index (χ4v) is 2.16. The molecule has 0 saturated heterocycles. The molecule has 0 heterocycles. The first-order chi connectivity index (χ1) is 9.38. The highest BCUT2D eigenvalue weighted by Gasteiger charge is 2.17. The number of rotatable bonds is 7. The topological polar surface area (TPSA) is 59.0 Å². The number of nitrogens with zero attached hydrogens (tertiary/aromatic N) is 1. The molecule has 1 unspecified atom stereocenters. The summed E-state index contributed by atoms with van der Waals surface area (Å²) >= 11 is 3.48. The van der Waals surface area contributed by atoms with E-state index in [0.717, 1.165) is 28.6 Å². The number of hydrogen-bond acceptors (Lipinski definition) is 3. The molecule has 1 rings (SSSR count). The molecule has 0 spiro atoms. The van der Waals surface area contributed by atoms with Gasteiger partial charge in [0.25, 0.3) is 0 Å². The summed E-state index contributed by atoms with van der Waals surface area (Å²) < 4.78 is 6.88. The molecule has 1 aromatic rings. The van der Waals surface area contributed by atoms with Crippen molar-refractivity contribution in [3.63, 3.8) is 0 Å². The second kappa shape index (κ2) is 7.66. The van der Waals surface area contributed by atoms with E-state index in [-0.39, 0.29) is 11.5 Å². The van der Waals surface area contributed by atoms with Crippen LogP contribution in [0.4, 0.5) is 0 Å². The maximum Gasteiger partial charge on any atom is 0.122 e. The minimum absolute atomic E-state index is 0.141. The number of benzene rings is 1. The molecular weight excluding hydrogens is 316 g/mol. The van der Waals surface area contributed by atoms with Crippen molar-refractivity contribution >= 4 is 15.9 Å². The van der Waals surface area contributed by atoms with Gasteiger partial charge in [0.15, 0.2) is 0 Å². The Labute approximate surface area is 130 Å². The van der Waals surface area contributed by atoms with E-state index in [4.69, 9.17) is 15.7 Å². The molecule has 2 N–H and O–H groups in total. The maximum absolute atomic E-state index is 9.00. The van der Waals surface area contributed by atoms with Crippen molar-refractivity contribution in [1.29, 1.82) is 5.26 Å². The molecule has 0 amide bonds. The Kier molecular flexibility index (Phi) is 6.51. The molecule has 4 heteroatoms. The summed E-state index contributed by atoms with van der Waals surface area (Å²) in [5.74, 6) is 0.867. The van der Waals surface area contributed by atoms with E-state index in [9.17, 15) is 0 Å². The minimum Gasteiger partial charge on any atom is -0.493 e. The number of nitrogens with two attached hydrogens (primary N) is 1. The van der Waals surface area contributed by atoms with Crippen LogP contribution >= 0.6 is 15.9 Å². The fraction of sp³-hybridized carbons (Fsp3) is 0.562. The second-order valence-electron chi connectivity index (χ2n) is 5.72. The van der Waals surface area contributed by atoms with Gasteiger partial charge in [0.05, 0.1) is 18.1 Å². The molecule has 0 saturated carbocycles. The Hall–Kier alpha value is -1.05. The van der Waals surface area contributed by atoms with E-state index in [2.05, 4.69) is 35.0 Å². The fourth-order valence-electron chi connectivity index (χ4n) is 1.75. The first kappa shape index (κ1) is 17.0. The van der Waals surface area contributed by atoms with Gasteiger partial charge in [0, 0.05) is 10.5 Å². The van der Waals surface area contributed by atoms with E-state index in [1.54, 1.807) is 0 Å². The molecule has 1 aromatic carbocycles. The van der Waals surface area contributed by atoms with E-state index in [1.165, 1.54) is 0 Å². The summed E-state index contributed by atoms with van der Waals surface area (Å²) in [5, 5.41) is 9.00. The molecule has 0 aliphatic carbocycles. The van der Waals surface area contributed by atoms with Crippen LogP contribution in [0.3, 0.4) is 0 Å². The predicted octanol–water partition coefficient (Wildman–Crippen LogP) is 4.05. The SMILES string of the molecule is CCC(N)Cc1cc(Br)ccc1OCCC(C)(C)C#N. The van der Waals surface area contributed by atoms with Crippen LogP contribution in [0.2, 0.25) is 0 Å². The Morgan fingerprint density at radius 3 is 2.75 bits per heavy atom. The van der Waals surface area contributed by atoms with Crippen LogP contribution < -0.4 is 10.5 Å². The van der Waals surface area contributed by atoms with Crippen LogP contribution in [0, 0.1) is 16.7 Å². The summed E-state index contributed by atoms with van der Waals surface area (Å²) in [6.45, 7) is 6.47. The molecule has 3 nitrogen and oxygen atoms in total. The molecule has 0 radical (unpaired) electrons. The number of hydrogen-bond donors (Lipinski definition) is 1. The Balaban J connectivity index is 2.72. The average Bonchev–Trinajstić information content (AvgIpc) is 2.41. The van der Waals surface area contributed by atoms with Crippen LogP contribution in [0.25, 0.3) is 0 Å². The molecule has 20 heavy (non-hydrogen) atoms. The van der Waals surface area contributed by atoms with Gasteiger partial charge < -0.3 is 10.5 Å². The Morgan fingerprint density at radius 1 is 1.45 bits per heavy atom. The van der Waals surface area contributed by atoms with Crippen LogP contribution in [0.15, 0.2) is 22.7 Å². The number of nitriles is 1. The van der Waals surface area contributed by atoms with Crippen molar-refractivity contribution in [2.75, 3.05) is 6.61 Å². The van der Waals surface area contributed by atoms with Crippen LogP contribution in [0.1, 0.15) is 39.2 Å². The predicted molar refractivity (Wildman–Crippen MR) is 85.6 cm³/mol. The van der Waals surface area contributed by atoms with Gasteiger partial charge in [-0.15, -0.1) is 0 Å². The van der Waals surface area contributed by atoms with Crippen LogP contribution in [0.5, 0.6) is 5.75 Å². The van der Waals surface area contributed by atoms with Gasteiger partial charge in [-0.3, -0.25) is 0 Å². The van der Waals surface area contributed by atoms with Crippen molar-refractivity contribution < 1.29 is 4.74 Å². The van der Waals surface area contributed by atoms with Crippen molar-refractivity contribution in [3.8, 4) is 11.8 Å². The van der Waals surface area contributed by atoms with E-state index in [1.807, 2.05) is 26.0 Å². The van der Waals surface area contributed by atoms with Crippen LogP contribution in [-0.4, -0.2) is 12.6 Å². The molecule has 1 atom stereocenters. The van der Waals surface area contributed by atoms with Crippen molar-refractivity contribution in [2.45, 2.75) is 46.1 Å². The highest BCUT2D eigenvalue weighted by atomic mass is 79.9. The monoisotopic (exact) mass is 338 g/mol. The molecule has 0 aromatic heterocycles. The van der Waals surface area contributed by atoms with E-state index < -0.39 is 0 Å². The van der Waals surface area contributed by atoms with Gasteiger partial charge in [0.2, 0.25) is 0 Å². The first-order valence-corrected chi connectivity index (χ1v) is 7.75. The Bertz CT molecular complexity index is 480. The zero-order chi connectivity index (χ0) is 15.2. The van der Waals surface area contributed by atoms with Gasteiger partial charge in [-0.2, -0.15) is 5.26 Å². The summed E-state index contributed by atoms with van der Waals surface area (Å²) in [7, 11) is 0.